The molecule has 0 heterocycles. The van der Waals surface area contributed by atoms with Crippen LogP contribution in [0.25, 0.3) is 33.4 Å². The predicted octanol–water partition coefficient (Wildman–Crippen LogP) is 13.4. The van der Waals surface area contributed by atoms with Crippen molar-refractivity contribution in [2.75, 3.05) is 21.3 Å². The second-order valence-corrected chi connectivity index (χ2v) is 13.6. The molecule has 4 N–H and O–H groups in total. The van der Waals surface area contributed by atoms with Crippen molar-refractivity contribution >= 4 is 45.5 Å². The van der Waals surface area contributed by atoms with Gasteiger partial charge in [-0.3, -0.25) is 0 Å². The highest BCUT2D eigenvalue weighted by atomic mass is 15.1. The molecule has 4 heteroatoms. The number of nitrogens with zero attached hydrogens (tertiary/aromatic N) is 2. The second-order valence-electron chi connectivity index (χ2n) is 13.6. The van der Waals surface area contributed by atoms with E-state index < -0.39 is 0 Å². The first kappa shape index (κ1) is 34.1. The SMILES string of the molecule is Cc1ccccc1N(c1ccccc1)c1ccc(-c2c(N)ccc(-c3ccc(N)cc3)c2-c2ccc(N(c3ccccc3)c3ccccc3C)cc2)cc1. The van der Waals surface area contributed by atoms with Gasteiger partial charge in [-0.15, -0.1) is 0 Å². The lowest BCUT2D eigenvalue weighted by atomic mass is 9.86. The topological polar surface area (TPSA) is 58.5 Å². The van der Waals surface area contributed by atoms with Crippen molar-refractivity contribution in [3.63, 3.8) is 0 Å². The molecule has 0 unspecified atom stereocenters. The van der Waals surface area contributed by atoms with Crippen LogP contribution < -0.4 is 21.3 Å². The molecule has 54 heavy (non-hydrogen) atoms. The molecule has 4 nitrogen and oxygen atoms in total. The fourth-order valence-corrected chi connectivity index (χ4v) is 7.32. The van der Waals surface area contributed by atoms with Crippen LogP contribution in [-0.4, -0.2) is 0 Å². The van der Waals surface area contributed by atoms with Crippen LogP contribution in [0.5, 0.6) is 0 Å². The molecule has 0 aliphatic carbocycles. The van der Waals surface area contributed by atoms with Gasteiger partial charge in [0.15, 0.2) is 0 Å². The number of hydrogen-bond donors (Lipinski definition) is 2. The van der Waals surface area contributed by atoms with Crippen molar-refractivity contribution in [3.8, 4) is 33.4 Å². The molecule has 0 aliphatic rings. The smallest absolute Gasteiger partial charge is 0.0490 e. The number of nitrogen functional groups attached to an aromatic ring is 2. The number of aryl methyl sites for hydroxylation is 2. The Kier molecular flexibility index (Phi) is 9.40. The Morgan fingerprint density at radius 1 is 0.333 bits per heavy atom. The van der Waals surface area contributed by atoms with Gasteiger partial charge < -0.3 is 21.3 Å². The summed E-state index contributed by atoms with van der Waals surface area (Å²) in [6, 6.07) is 67.8. The fourth-order valence-electron chi connectivity index (χ4n) is 7.32. The van der Waals surface area contributed by atoms with Crippen molar-refractivity contribution < 1.29 is 0 Å². The third-order valence-corrected chi connectivity index (χ3v) is 10.0. The summed E-state index contributed by atoms with van der Waals surface area (Å²) in [7, 11) is 0. The monoisotopic (exact) mass is 698 g/mol. The maximum Gasteiger partial charge on any atom is 0.0490 e. The van der Waals surface area contributed by atoms with Gasteiger partial charge in [0, 0.05) is 51.1 Å². The molecule has 8 aromatic rings. The normalized spacial score (nSPS) is 10.9. The van der Waals surface area contributed by atoms with E-state index in [0.29, 0.717) is 5.69 Å². The highest BCUT2D eigenvalue weighted by molar-refractivity contribution is 6.00. The second kappa shape index (κ2) is 14.9. The molecule has 8 aromatic carbocycles. The van der Waals surface area contributed by atoms with Gasteiger partial charge in [-0.2, -0.15) is 0 Å². The van der Waals surface area contributed by atoms with E-state index >= 15 is 0 Å². The largest absolute Gasteiger partial charge is 0.399 e. The maximum absolute atomic E-state index is 6.97. The zero-order chi connectivity index (χ0) is 37.0. The summed E-state index contributed by atoms with van der Waals surface area (Å²) < 4.78 is 0. The Morgan fingerprint density at radius 3 is 1.19 bits per heavy atom. The van der Waals surface area contributed by atoms with E-state index in [1.54, 1.807) is 0 Å². The van der Waals surface area contributed by atoms with Crippen molar-refractivity contribution in [3.05, 3.63) is 205 Å². The molecule has 0 aliphatic heterocycles. The van der Waals surface area contributed by atoms with Crippen LogP contribution in [0.3, 0.4) is 0 Å². The molecule has 0 saturated heterocycles. The third-order valence-electron chi connectivity index (χ3n) is 10.0. The Hall–Kier alpha value is -7.04. The average molecular weight is 699 g/mol. The number of anilines is 8. The van der Waals surface area contributed by atoms with Gasteiger partial charge in [-0.1, -0.05) is 115 Å². The van der Waals surface area contributed by atoms with Crippen LogP contribution in [-0.2, 0) is 0 Å². The highest BCUT2D eigenvalue weighted by Crippen LogP contribution is 2.46. The van der Waals surface area contributed by atoms with Gasteiger partial charge in [0.2, 0.25) is 0 Å². The van der Waals surface area contributed by atoms with E-state index in [9.17, 15) is 0 Å². The molecule has 0 atom stereocenters. The lowest BCUT2D eigenvalue weighted by molar-refractivity contribution is 1.25. The van der Waals surface area contributed by atoms with Crippen LogP contribution in [0.1, 0.15) is 11.1 Å². The quantitative estimate of drug-likeness (QED) is 0.147. The molecular formula is C50H42N4. The molecule has 0 bridgehead atoms. The lowest BCUT2D eigenvalue weighted by Crippen LogP contribution is -2.11. The molecule has 262 valence electrons. The number of rotatable bonds is 9. The molecule has 0 amide bonds. The summed E-state index contributed by atoms with van der Waals surface area (Å²) in [6.45, 7) is 4.31. The first-order valence-corrected chi connectivity index (χ1v) is 18.3. The van der Waals surface area contributed by atoms with Gasteiger partial charge in [-0.05, 0) is 132 Å². The van der Waals surface area contributed by atoms with Gasteiger partial charge in [0.1, 0.15) is 0 Å². The summed E-state index contributed by atoms with van der Waals surface area (Å²) in [5.74, 6) is 0. The number of benzene rings is 8. The van der Waals surface area contributed by atoms with Gasteiger partial charge in [0.25, 0.3) is 0 Å². The van der Waals surface area contributed by atoms with E-state index in [2.05, 4.69) is 200 Å². The summed E-state index contributed by atoms with van der Waals surface area (Å²) in [6.07, 6.45) is 0. The van der Waals surface area contributed by atoms with Crippen molar-refractivity contribution in [2.45, 2.75) is 13.8 Å². The van der Waals surface area contributed by atoms with Crippen LogP contribution in [0.2, 0.25) is 0 Å². The highest BCUT2D eigenvalue weighted by Gasteiger charge is 2.20. The molecule has 0 spiro atoms. The number of para-hydroxylation sites is 4. The summed E-state index contributed by atoms with van der Waals surface area (Å²) >= 11 is 0. The van der Waals surface area contributed by atoms with E-state index in [1.165, 1.54) is 11.1 Å². The Morgan fingerprint density at radius 2 is 0.722 bits per heavy atom. The van der Waals surface area contributed by atoms with Crippen LogP contribution in [0.15, 0.2) is 194 Å². The van der Waals surface area contributed by atoms with Crippen molar-refractivity contribution in [1.29, 1.82) is 0 Å². The van der Waals surface area contributed by atoms with E-state index in [0.717, 1.165) is 73.2 Å². The third kappa shape index (κ3) is 6.69. The van der Waals surface area contributed by atoms with Crippen LogP contribution in [0.4, 0.5) is 45.5 Å². The average Bonchev–Trinajstić information content (AvgIpc) is 3.21. The lowest BCUT2D eigenvalue weighted by Gasteiger charge is -2.28. The molecular weight excluding hydrogens is 657 g/mol. The van der Waals surface area contributed by atoms with Crippen LogP contribution in [0, 0.1) is 13.8 Å². The minimum Gasteiger partial charge on any atom is -0.399 e. The Bertz CT molecular complexity index is 2510. The molecule has 8 rings (SSSR count). The summed E-state index contributed by atoms with van der Waals surface area (Å²) in [4.78, 5) is 4.62. The zero-order valence-electron chi connectivity index (χ0n) is 30.5. The van der Waals surface area contributed by atoms with E-state index in [1.807, 2.05) is 18.2 Å². The van der Waals surface area contributed by atoms with Crippen LogP contribution >= 0.6 is 0 Å². The van der Waals surface area contributed by atoms with Crippen molar-refractivity contribution in [2.24, 2.45) is 0 Å². The van der Waals surface area contributed by atoms with Gasteiger partial charge in [-0.25, -0.2) is 0 Å². The van der Waals surface area contributed by atoms with Gasteiger partial charge in [0.05, 0.1) is 0 Å². The van der Waals surface area contributed by atoms with E-state index in [4.69, 9.17) is 11.5 Å². The first-order valence-electron chi connectivity index (χ1n) is 18.3. The minimum atomic E-state index is 0.714. The molecule has 0 fully saturated rings. The molecule has 0 saturated carbocycles. The van der Waals surface area contributed by atoms with E-state index in [-0.39, 0.29) is 0 Å². The Balaban J connectivity index is 1.27. The summed E-state index contributed by atoms with van der Waals surface area (Å²) in [5.41, 5.74) is 29.9. The Labute approximate surface area is 318 Å². The number of hydrogen-bond acceptors (Lipinski definition) is 4. The zero-order valence-corrected chi connectivity index (χ0v) is 30.5. The molecule has 0 aromatic heterocycles. The number of nitrogens with two attached hydrogens (primary N) is 2. The van der Waals surface area contributed by atoms with Crippen molar-refractivity contribution in [1.82, 2.24) is 0 Å². The maximum atomic E-state index is 6.97. The summed E-state index contributed by atoms with van der Waals surface area (Å²) in [5, 5.41) is 0. The minimum absolute atomic E-state index is 0.714. The fraction of sp³-hybridized carbons (Fsp3) is 0.0400. The van der Waals surface area contributed by atoms with Gasteiger partial charge >= 0.3 is 0 Å². The standard InChI is InChI=1S/C50H42N4/c1-35-13-9-11-19-47(35)53(41-15-5-3-6-16-41)43-29-23-38(24-30-43)49-45(37-21-27-40(51)28-22-37)33-34-46(52)50(49)39-25-31-44(32-26-39)54(42-17-7-4-8-18-42)48-20-12-10-14-36(48)2/h3-34H,51-52H2,1-2H3. The molecule has 0 radical (unpaired) electrons. The predicted molar refractivity (Wildman–Crippen MR) is 230 cm³/mol. The first-order chi connectivity index (χ1) is 26.5.